The number of carbonyl (C=O) groups excluding carboxylic acids is 1. The van der Waals surface area contributed by atoms with Crippen LogP contribution < -0.4 is 14.4 Å². The number of sulfonamides is 1. The molecule has 2 aromatic rings. The molecule has 0 radical (unpaired) electrons. The second kappa shape index (κ2) is 8.74. The number of hydrogen-bond acceptors (Lipinski definition) is 5. The van der Waals surface area contributed by atoms with Gasteiger partial charge in [0.1, 0.15) is 5.75 Å². The molecule has 3 rings (SSSR count). The number of fused-ring (bicyclic) bond motifs is 1. The number of amides is 2. The van der Waals surface area contributed by atoms with Crippen molar-refractivity contribution in [2.24, 2.45) is 0 Å². The SMILES string of the molecule is CC(C)(C)NS(=O)(=O)COc1ccc(Cl)cc1/C=C1\C(=O)N(C(=O)O)c2cc(Cl)ccc21. The maximum absolute atomic E-state index is 12.8. The predicted molar refractivity (Wildman–Crippen MR) is 124 cm³/mol. The lowest BCUT2D eigenvalue weighted by Crippen LogP contribution is -2.42. The Morgan fingerprint density at radius 3 is 2.41 bits per heavy atom. The van der Waals surface area contributed by atoms with Gasteiger partial charge in [-0.1, -0.05) is 29.3 Å². The second-order valence-corrected chi connectivity index (χ2v) is 10.6. The highest BCUT2D eigenvalue weighted by Crippen LogP contribution is 2.40. The van der Waals surface area contributed by atoms with Crippen LogP contribution >= 0.6 is 23.2 Å². The third kappa shape index (κ3) is 5.42. The molecule has 0 aliphatic carbocycles. The summed E-state index contributed by atoms with van der Waals surface area (Å²) < 4.78 is 32.6. The normalized spacial score (nSPS) is 15.2. The number of carboxylic acid groups (broad SMARTS) is 1. The van der Waals surface area contributed by atoms with Crippen molar-refractivity contribution in [3.05, 3.63) is 57.6 Å². The van der Waals surface area contributed by atoms with E-state index < -0.39 is 33.5 Å². The van der Waals surface area contributed by atoms with Crippen molar-refractivity contribution >= 4 is 62.6 Å². The van der Waals surface area contributed by atoms with Crippen LogP contribution in [0.25, 0.3) is 11.6 Å². The van der Waals surface area contributed by atoms with E-state index in [1.165, 1.54) is 42.5 Å². The van der Waals surface area contributed by atoms with Gasteiger partial charge in [-0.05, 0) is 57.2 Å². The first-order valence-corrected chi connectivity index (χ1v) is 11.7. The molecular weight excluding hydrogens is 479 g/mol. The molecule has 2 aromatic carbocycles. The van der Waals surface area contributed by atoms with Gasteiger partial charge in [0.25, 0.3) is 5.91 Å². The summed E-state index contributed by atoms with van der Waals surface area (Å²) in [5.74, 6) is -1.29. The summed E-state index contributed by atoms with van der Waals surface area (Å²) >= 11 is 12.1. The molecule has 170 valence electrons. The van der Waals surface area contributed by atoms with E-state index in [1.54, 1.807) is 20.8 Å². The Bertz CT molecular complexity index is 1240. The van der Waals surface area contributed by atoms with Crippen molar-refractivity contribution in [1.82, 2.24) is 4.72 Å². The molecule has 0 bridgehead atoms. The molecule has 11 heteroatoms. The standard InChI is InChI=1S/C21H20Cl2N2O6S/c1-21(2,3)24-32(29,30)11-31-18-7-5-13(22)8-12(18)9-16-15-6-4-14(23)10-17(15)25(19(16)26)20(27)28/h4-10,24H,11H2,1-3H3,(H,27,28)/b16-9-. The molecular formula is C21H20Cl2N2O6S. The van der Waals surface area contributed by atoms with E-state index in [9.17, 15) is 23.1 Å². The Morgan fingerprint density at radius 2 is 1.78 bits per heavy atom. The van der Waals surface area contributed by atoms with Crippen LogP contribution in [0, 0.1) is 0 Å². The molecule has 0 unspecified atom stereocenters. The predicted octanol–water partition coefficient (Wildman–Crippen LogP) is 4.61. The van der Waals surface area contributed by atoms with Crippen LogP contribution in [0.15, 0.2) is 36.4 Å². The average Bonchev–Trinajstić information content (AvgIpc) is 2.90. The Morgan fingerprint density at radius 1 is 1.16 bits per heavy atom. The number of halogens is 2. The fourth-order valence-corrected chi connectivity index (χ4v) is 4.77. The number of benzene rings is 2. The van der Waals surface area contributed by atoms with E-state index in [2.05, 4.69) is 4.72 Å². The van der Waals surface area contributed by atoms with Gasteiger partial charge in [-0.3, -0.25) is 4.79 Å². The van der Waals surface area contributed by atoms with Crippen LogP contribution in [0.2, 0.25) is 10.0 Å². The van der Waals surface area contributed by atoms with E-state index >= 15 is 0 Å². The van der Waals surface area contributed by atoms with Gasteiger partial charge in [-0.15, -0.1) is 0 Å². The van der Waals surface area contributed by atoms with Gasteiger partial charge in [-0.2, -0.15) is 0 Å². The number of imide groups is 1. The molecule has 0 fully saturated rings. The highest BCUT2D eigenvalue weighted by atomic mass is 35.5. The summed E-state index contributed by atoms with van der Waals surface area (Å²) in [5, 5.41) is 10.1. The fraction of sp³-hybridized carbons (Fsp3) is 0.238. The molecule has 32 heavy (non-hydrogen) atoms. The zero-order chi connectivity index (χ0) is 23.8. The van der Waals surface area contributed by atoms with Crippen molar-refractivity contribution in [3.63, 3.8) is 0 Å². The van der Waals surface area contributed by atoms with Gasteiger partial charge in [0, 0.05) is 26.7 Å². The lowest BCUT2D eigenvalue weighted by atomic mass is 10.0. The smallest absolute Gasteiger partial charge is 0.419 e. The highest BCUT2D eigenvalue weighted by Gasteiger charge is 2.37. The number of nitrogens with one attached hydrogen (secondary N) is 1. The first-order valence-electron chi connectivity index (χ1n) is 9.30. The highest BCUT2D eigenvalue weighted by molar-refractivity contribution is 7.89. The minimum absolute atomic E-state index is 0.0712. The summed E-state index contributed by atoms with van der Waals surface area (Å²) in [6.07, 6.45) is -0.0490. The van der Waals surface area contributed by atoms with Crippen LogP contribution in [0.3, 0.4) is 0 Å². The zero-order valence-corrected chi connectivity index (χ0v) is 19.7. The Labute approximate surface area is 195 Å². The third-order valence-corrected chi connectivity index (χ3v) is 6.04. The van der Waals surface area contributed by atoms with Crippen molar-refractivity contribution < 1.29 is 27.9 Å². The van der Waals surface area contributed by atoms with Gasteiger partial charge in [0.05, 0.1) is 11.3 Å². The molecule has 0 atom stereocenters. The summed E-state index contributed by atoms with van der Waals surface area (Å²) in [7, 11) is -3.77. The topological polar surface area (TPSA) is 113 Å². The second-order valence-electron chi connectivity index (χ2n) is 8.05. The third-order valence-electron chi connectivity index (χ3n) is 4.22. The molecule has 1 aliphatic rings. The van der Waals surface area contributed by atoms with Crippen molar-refractivity contribution in [1.29, 1.82) is 0 Å². The van der Waals surface area contributed by atoms with E-state index in [1.807, 2.05) is 0 Å². The summed E-state index contributed by atoms with van der Waals surface area (Å²) in [6.45, 7) is 5.10. The first kappa shape index (κ1) is 24.1. The van der Waals surface area contributed by atoms with E-state index in [0.29, 0.717) is 21.0 Å². The largest absolute Gasteiger partial charge is 0.476 e. The van der Waals surface area contributed by atoms with Crippen LogP contribution in [-0.4, -0.2) is 37.0 Å². The summed E-state index contributed by atoms with van der Waals surface area (Å²) in [6, 6.07) is 8.92. The van der Waals surface area contributed by atoms with Crippen LogP contribution in [0.1, 0.15) is 31.9 Å². The van der Waals surface area contributed by atoms with Gasteiger partial charge >= 0.3 is 6.09 Å². The minimum atomic E-state index is -3.77. The molecule has 8 nitrogen and oxygen atoms in total. The fourth-order valence-electron chi connectivity index (χ4n) is 3.15. The molecule has 1 heterocycles. The van der Waals surface area contributed by atoms with E-state index in [0.717, 1.165) is 0 Å². The molecule has 2 amide bonds. The Balaban J connectivity index is 2.02. The number of carbonyl (C=O) groups is 2. The summed E-state index contributed by atoms with van der Waals surface area (Å²) in [5.41, 5.74) is 0.174. The Hall–Kier alpha value is -2.59. The number of rotatable bonds is 5. The number of anilines is 1. The van der Waals surface area contributed by atoms with Crippen molar-refractivity contribution in [2.45, 2.75) is 26.3 Å². The zero-order valence-electron chi connectivity index (χ0n) is 17.3. The number of hydrogen-bond donors (Lipinski definition) is 2. The molecule has 0 spiro atoms. The van der Waals surface area contributed by atoms with Gasteiger partial charge in [0.2, 0.25) is 16.0 Å². The molecule has 0 aromatic heterocycles. The maximum Gasteiger partial charge on any atom is 0.419 e. The lowest BCUT2D eigenvalue weighted by molar-refractivity contribution is -0.112. The van der Waals surface area contributed by atoms with Crippen LogP contribution in [0.4, 0.5) is 10.5 Å². The molecule has 0 saturated heterocycles. The molecule has 2 N–H and O–H groups in total. The van der Waals surface area contributed by atoms with Gasteiger partial charge in [0.15, 0.2) is 0 Å². The lowest BCUT2D eigenvalue weighted by Gasteiger charge is -2.20. The van der Waals surface area contributed by atoms with E-state index in [4.69, 9.17) is 27.9 Å². The number of nitrogens with zero attached hydrogens (tertiary/aromatic N) is 1. The molecule has 1 aliphatic heterocycles. The number of ether oxygens (including phenoxy) is 1. The van der Waals surface area contributed by atoms with E-state index in [-0.39, 0.29) is 22.0 Å². The average molecular weight is 499 g/mol. The maximum atomic E-state index is 12.8. The summed E-state index contributed by atoms with van der Waals surface area (Å²) in [4.78, 5) is 25.1. The van der Waals surface area contributed by atoms with Crippen molar-refractivity contribution in [3.8, 4) is 5.75 Å². The van der Waals surface area contributed by atoms with Crippen LogP contribution in [0.5, 0.6) is 5.75 Å². The monoisotopic (exact) mass is 498 g/mol. The van der Waals surface area contributed by atoms with Crippen molar-refractivity contribution in [2.75, 3.05) is 10.8 Å². The minimum Gasteiger partial charge on any atom is -0.476 e. The molecule has 0 saturated carbocycles. The quantitative estimate of drug-likeness (QED) is 0.581. The van der Waals surface area contributed by atoms with Gasteiger partial charge < -0.3 is 9.84 Å². The Kier molecular flexibility index (Phi) is 6.57. The van der Waals surface area contributed by atoms with Crippen LogP contribution in [-0.2, 0) is 14.8 Å². The first-order chi connectivity index (χ1) is 14.8. The van der Waals surface area contributed by atoms with Gasteiger partial charge in [-0.25, -0.2) is 22.8 Å².